The number of aryl methyl sites for hydroxylation is 1. The Morgan fingerprint density at radius 3 is 2.38 bits per heavy atom. The van der Waals surface area contributed by atoms with Gasteiger partial charge in [0.25, 0.3) is 5.91 Å². The van der Waals surface area contributed by atoms with Crippen LogP contribution in [-0.2, 0) is 6.54 Å². The lowest BCUT2D eigenvalue weighted by Crippen LogP contribution is -2.43. The summed E-state index contributed by atoms with van der Waals surface area (Å²) >= 11 is 0. The predicted molar refractivity (Wildman–Crippen MR) is 121 cm³/mol. The second-order valence-corrected chi connectivity index (χ2v) is 7.58. The molecular weight excluding hydrogens is 405 g/mol. The molecule has 6 heteroatoms. The fourth-order valence-corrected chi connectivity index (χ4v) is 3.47. The zero-order chi connectivity index (χ0) is 22.5. The van der Waals surface area contributed by atoms with Crippen molar-refractivity contribution in [2.45, 2.75) is 19.5 Å². The number of Topliss-reactive ketones (excluding diaryl/α,β-unsaturated/α-hetero) is 1. The summed E-state index contributed by atoms with van der Waals surface area (Å²) in [5, 5.41) is 2.77. The van der Waals surface area contributed by atoms with E-state index in [4.69, 9.17) is 0 Å². The molecule has 1 aromatic heterocycles. The normalized spacial score (nSPS) is 11.7. The Morgan fingerprint density at radius 1 is 1.00 bits per heavy atom. The van der Waals surface area contributed by atoms with E-state index in [1.807, 2.05) is 37.3 Å². The highest BCUT2D eigenvalue weighted by Crippen LogP contribution is 2.23. The first-order valence-corrected chi connectivity index (χ1v) is 10.2. The van der Waals surface area contributed by atoms with Gasteiger partial charge in [-0.15, -0.1) is 0 Å². The largest absolute Gasteiger partial charge is 0.340 e. The van der Waals surface area contributed by atoms with Crippen LogP contribution in [0.5, 0.6) is 0 Å². The molecule has 3 aromatic carbocycles. The first kappa shape index (κ1) is 21.2. The molecule has 0 fully saturated rings. The van der Waals surface area contributed by atoms with E-state index in [9.17, 15) is 14.0 Å². The molecule has 0 aliphatic heterocycles. The van der Waals surface area contributed by atoms with Crippen molar-refractivity contribution in [3.05, 3.63) is 114 Å². The van der Waals surface area contributed by atoms with Crippen LogP contribution in [0, 0.1) is 12.7 Å². The number of nitrogens with zero attached hydrogens (tertiary/aromatic N) is 2. The minimum absolute atomic E-state index is 0.148. The summed E-state index contributed by atoms with van der Waals surface area (Å²) in [6.45, 7) is 2.15. The van der Waals surface area contributed by atoms with Crippen LogP contribution in [0.15, 0.2) is 91.5 Å². The van der Waals surface area contributed by atoms with Crippen LogP contribution in [0.3, 0.4) is 0 Å². The average molecular weight is 427 g/mol. The number of carbonyl (C=O) groups excluding carboxylic acids is 2. The highest BCUT2D eigenvalue weighted by Gasteiger charge is 2.24. The summed E-state index contributed by atoms with van der Waals surface area (Å²) in [7, 11) is 0. The maximum absolute atomic E-state index is 14.7. The Hall–Kier alpha value is -4.06. The molecule has 0 aliphatic rings. The second-order valence-electron chi connectivity index (χ2n) is 7.58. The number of halogens is 1. The van der Waals surface area contributed by atoms with Gasteiger partial charge in [0.1, 0.15) is 11.9 Å². The summed E-state index contributed by atoms with van der Waals surface area (Å²) in [5.74, 6) is -1.25. The summed E-state index contributed by atoms with van der Waals surface area (Å²) in [6, 6.07) is 19.8. The van der Waals surface area contributed by atoms with Gasteiger partial charge in [-0.2, -0.15) is 0 Å². The molecule has 0 bridgehead atoms. The summed E-state index contributed by atoms with van der Waals surface area (Å²) in [4.78, 5) is 30.0. The third-order valence-electron chi connectivity index (χ3n) is 5.23. The maximum Gasteiger partial charge on any atom is 0.252 e. The van der Waals surface area contributed by atoms with Gasteiger partial charge in [-0.05, 0) is 24.6 Å². The van der Waals surface area contributed by atoms with Gasteiger partial charge in [-0.25, -0.2) is 9.37 Å². The third kappa shape index (κ3) is 4.81. The molecule has 0 spiro atoms. The van der Waals surface area contributed by atoms with Crippen molar-refractivity contribution in [2.75, 3.05) is 0 Å². The lowest BCUT2D eigenvalue weighted by Gasteiger charge is -2.19. The summed E-state index contributed by atoms with van der Waals surface area (Å²) in [5.41, 5.74) is 2.81. The Balaban J connectivity index is 1.57. The molecule has 0 aliphatic carbocycles. The monoisotopic (exact) mass is 427 g/mol. The number of amides is 1. The van der Waals surface area contributed by atoms with Gasteiger partial charge < -0.3 is 9.88 Å². The summed E-state index contributed by atoms with van der Waals surface area (Å²) in [6.07, 6.45) is 4.90. The zero-order valence-corrected chi connectivity index (χ0v) is 17.5. The van der Waals surface area contributed by atoms with Crippen molar-refractivity contribution in [3.63, 3.8) is 0 Å². The van der Waals surface area contributed by atoms with E-state index in [2.05, 4.69) is 10.3 Å². The minimum atomic E-state index is -0.837. The minimum Gasteiger partial charge on any atom is -0.340 e. The highest BCUT2D eigenvalue weighted by atomic mass is 19.1. The van der Waals surface area contributed by atoms with Crippen LogP contribution in [0.1, 0.15) is 26.3 Å². The molecule has 4 aromatic rings. The lowest BCUT2D eigenvalue weighted by molar-refractivity contribution is 0.0847. The van der Waals surface area contributed by atoms with Gasteiger partial charge in [0.05, 0.1) is 12.9 Å². The van der Waals surface area contributed by atoms with Crippen molar-refractivity contribution in [2.24, 2.45) is 0 Å². The number of imidazole rings is 1. The van der Waals surface area contributed by atoms with Crippen LogP contribution in [-0.4, -0.2) is 27.3 Å². The molecule has 0 saturated carbocycles. The molecule has 1 heterocycles. The molecule has 4 rings (SSSR count). The van der Waals surface area contributed by atoms with Crippen LogP contribution < -0.4 is 5.32 Å². The van der Waals surface area contributed by atoms with Crippen molar-refractivity contribution in [3.8, 4) is 11.1 Å². The number of nitrogens with one attached hydrogen (secondary N) is 1. The lowest BCUT2D eigenvalue weighted by atomic mass is 10.0. The van der Waals surface area contributed by atoms with Gasteiger partial charge in [0.2, 0.25) is 0 Å². The number of carbonyl (C=O) groups is 2. The quantitative estimate of drug-likeness (QED) is 0.436. The number of hydrogen-bond acceptors (Lipinski definition) is 3. The van der Waals surface area contributed by atoms with E-state index in [1.54, 1.807) is 59.7 Å². The van der Waals surface area contributed by atoms with Crippen molar-refractivity contribution >= 4 is 11.7 Å². The van der Waals surface area contributed by atoms with Crippen LogP contribution in [0.4, 0.5) is 4.39 Å². The van der Waals surface area contributed by atoms with E-state index in [1.165, 1.54) is 6.07 Å². The maximum atomic E-state index is 14.7. The Labute approximate surface area is 185 Å². The number of hydrogen-bond donors (Lipinski definition) is 1. The Kier molecular flexibility index (Phi) is 6.22. The molecule has 0 saturated heterocycles. The van der Waals surface area contributed by atoms with E-state index in [0.29, 0.717) is 11.1 Å². The van der Waals surface area contributed by atoms with Crippen molar-refractivity contribution in [1.82, 2.24) is 14.9 Å². The van der Waals surface area contributed by atoms with Gasteiger partial charge in [0.15, 0.2) is 5.78 Å². The fourth-order valence-electron chi connectivity index (χ4n) is 3.47. The van der Waals surface area contributed by atoms with Gasteiger partial charge in [0, 0.05) is 29.1 Å². The number of rotatable bonds is 7. The molecule has 1 N–H and O–H groups in total. The second kappa shape index (κ2) is 9.39. The van der Waals surface area contributed by atoms with Gasteiger partial charge >= 0.3 is 0 Å². The molecule has 5 nitrogen and oxygen atoms in total. The molecule has 1 unspecified atom stereocenters. The Morgan fingerprint density at radius 2 is 1.72 bits per heavy atom. The van der Waals surface area contributed by atoms with E-state index >= 15 is 0 Å². The zero-order valence-electron chi connectivity index (χ0n) is 17.5. The fraction of sp³-hybridized carbons (Fsp3) is 0.115. The molecular formula is C26H22FN3O2. The predicted octanol–water partition coefficient (Wildman–Crippen LogP) is 4.68. The molecule has 0 radical (unpaired) electrons. The first-order chi connectivity index (χ1) is 15.5. The van der Waals surface area contributed by atoms with Gasteiger partial charge in [-0.3, -0.25) is 9.59 Å². The van der Waals surface area contributed by atoms with Crippen molar-refractivity contribution < 1.29 is 14.0 Å². The van der Waals surface area contributed by atoms with E-state index < -0.39 is 17.8 Å². The van der Waals surface area contributed by atoms with Crippen LogP contribution in [0.25, 0.3) is 11.1 Å². The van der Waals surface area contributed by atoms with E-state index in [-0.39, 0.29) is 17.9 Å². The molecule has 1 amide bonds. The smallest absolute Gasteiger partial charge is 0.252 e. The van der Waals surface area contributed by atoms with Crippen molar-refractivity contribution in [1.29, 1.82) is 0 Å². The number of benzene rings is 3. The number of aromatic nitrogens is 2. The van der Waals surface area contributed by atoms with E-state index in [0.717, 1.165) is 11.1 Å². The third-order valence-corrected chi connectivity index (χ3v) is 5.23. The SMILES string of the molecule is Cc1ccc(C(=O)C(Cn2ccnc2)NC(=O)c2ccc(-c3ccccc3)c(F)c2)cc1. The first-order valence-electron chi connectivity index (χ1n) is 10.2. The van der Waals surface area contributed by atoms with Crippen LogP contribution >= 0.6 is 0 Å². The highest BCUT2D eigenvalue weighted by molar-refractivity contribution is 6.04. The van der Waals surface area contributed by atoms with Crippen LogP contribution in [0.2, 0.25) is 0 Å². The average Bonchev–Trinajstić information content (AvgIpc) is 3.32. The van der Waals surface area contributed by atoms with Gasteiger partial charge in [-0.1, -0.05) is 66.2 Å². The standard InChI is InChI=1S/C26H22FN3O2/c1-18-7-9-20(10-8-18)25(31)24(16-30-14-13-28-17-30)29-26(32)21-11-12-22(23(27)15-21)19-5-3-2-4-6-19/h2-15,17,24H,16H2,1H3,(H,29,32). The summed E-state index contributed by atoms with van der Waals surface area (Å²) < 4.78 is 16.5. The Bertz CT molecular complexity index is 1220. The number of ketones is 1. The topological polar surface area (TPSA) is 64.0 Å². The molecule has 32 heavy (non-hydrogen) atoms. The molecule has 160 valence electrons. The molecule has 1 atom stereocenters.